The van der Waals surface area contributed by atoms with Crippen LogP contribution in [0, 0.1) is 26.7 Å². The van der Waals surface area contributed by atoms with E-state index in [0.717, 1.165) is 52.9 Å². The molecule has 1 amide bonds. The second-order valence-corrected chi connectivity index (χ2v) is 9.59. The molecule has 1 aliphatic heterocycles. The van der Waals surface area contributed by atoms with Gasteiger partial charge in [0, 0.05) is 31.8 Å². The molecule has 0 bridgehead atoms. The zero-order chi connectivity index (χ0) is 24.5. The van der Waals surface area contributed by atoms with Gasteiger partial charge < -0.3 is 14.6 Å². The minimum absolute atomic E-state index is 0. The molecule has 0 aliphatic carbocycles. The summed E-state index contributed by atoms with van der Waals surface area (Å²) in [6.07, 6.45) is 3.80. The number of carbonyl (C=O) groups excluding carboxylic acids is 1. The highest BCUT2D eigenvalue weighted by atomic mass is 16.4. The molecule has 2 atom stereocenters. The van der Waals surface area contributed by atoms with Crippen molar-refractivity contribution in [3.63, 3.8) is 0 Å². The van der Waals surface area contributed by atoms with Gasteiger partial charge in [0.25, 0.3) is 11.9 Å². The maximum absolute atomic E-state index is 14.0. The van der Waals surface area contributed by atoms with Crippen LogP contribution in [-0.4, -0.2) is 44.9 Å². The minimum atomic E-state index is 0. The number of rotatable bonds is 5. The SMILES string of the molecule is Cc1ccc(-c2ccnc(C)n2)c(C(=O)N2CCCC(C)[C@H]2CNc2nc3cc(C)ccc3o2)c1.[HH]. The van der Waals surface area contributed by atoms with Crippen LogP contribution in [0.1, 0.15) is 48.5 Å². The van der Waals surface area contributed by atoms with Crippen molar-refractivity contribution in [1.29, 1.82) is 0 Å². The number of fused-ring (bicyclic) bond motifs is 1. The Labute approximate surface area is 207 Å². The summed E-state index contributed by atoms with van der Waals surface area (Å²) >= 11 is 0. The Morgan fingerprint density at radius 2 is 1.91 bits per heavy atom. The zero-order valence-corrected chi connectivity index (χ0v) is 20.7. The van der Waals surface area contributed by atoms with E-state index in [1.54, 1.807) is 6.20 Å². The normalized spacial score (nSPS) is 18.1. The number of benzene rings is 2. The molecule has 1 unspecified atom stereocenters. The predicted octanol–water partition coefficient (Wildman–Crippen LogP) is 5.81. The average Bonchev–Trinajstić information content (AvgIpc) is 3.24. The van der Waals surface area contributed by atoms with E-state index >= 15 is 0 Å². The van der Waals surface area contributed by atoms with Crippen molar-refractivity contribution in [2.45, 2.75) is 46.6 Å². The van der Waals surface area contributed by atoms with Crippen molar-refractivity contribution in [3.05, 3.63) is 71.2 Å². The number of carbonyl (C=O) groups is 1. The van der Waals surface area contributed by atoms with Crippen LogP contribution in [0.5, 0.6) is 0 Å². The molecule has 1 N–H and O–H groups in total. The average molecular weight is 472 g/mol. The summed E-state index contributed by atoms with van der Waals surface area (Å²) in [5.74, 6) is 1.07. The number of hydrogen-bond donors (Lipinski definition) is 1. The summed E-state index contributed by atoms with van der Waals surface area (Å²) in [7, 11) is 0. The maximum Gasteiger partial charge on any atom is 0.295 e. The molecule has 7 heteroatoms. The number of piperidine rings is 1. The standard InChI is InChI=1S/C28H31N5O2.H2/c1-17-7-9-21(23-11-12-29-20(4)31-23)22(14-17)27(34)33-13-5-6-19(3)25(33)16-30-28-32-24-15-18(2)8-10-26(24)35-28;/h7-12,14-15,19,25H,5-6,13,16H2,1-4H3,(H,30,32);1H/t19?,25-;/m1./s1. The molecule has 35 heavy (non-hydrogen) atoms. The Hall–Kier alpha value is -3.74. The quantitative estimate of drug-likeness (QED) is 0.395. The molecule has 4 aromatic rings. The monoisotopic (exact) mass is 471 g/mol. The Bertz CT molecular complexity index is 1390. The number of amides is 1. The molecule has 1 fully saturated rings. The Balaban J connectivity index is 0.00000304. The highest BCUT2D eigenvalue weighted by Gasteiger charge is 2.33. The van der Waals surface area contributed by atoms with Gasteiger partial charge in [-0.1, -0.05) is 30.7 Å². The second-order valence-electron chi connectivity index (χ2n) is 9.59. The number of aryl methyl sites for hydroxylation is 3. The van der Waals surface area contributed by atoms with E-state index in [-0.39, 0.29) is 13.4 Å². The van der Waals surface area contributed by atoms with Gasteiger partial charge in [-0.05, 0) is 69.4 Å². The van der Waals surface area contributed by atoms with E-state index in [0.29, 0.717) is 29.9 Å². The summed E-state index contributed by atoms with van der Waals surface area (Å²) in [6, 6.07) is 14.3. The smallest absolute Gasteiger partial charge is 0.295 e. The number of aromatic nitrogens is 3. The Kier molecular flexibility index (Phi) is 6.24. The number of nitrogens with one attached hydrogen (secondary N) is 1. The largest absolute Gasteiger partial charge is 0.424 e. The number of hydrogen-bond acceptors (Lipinski definition) is 6. The zero-order valence-electron chi connectivity index (χ0n) is 20.7. The van der Waals surface area contributed by atoms with Crippen LogP contribution in [0.2, 0.25) is 0 Å². The summed E-state index contributed by atoms with van der Waals surface area (Å²) in [6.45, 7) is 9.42. The Morgan fingerprint density at radius 3 is 2.74 bits per heavy atom. The van der Waals surface area contributed by atoms with Crippen LogP contribution in [-0.2, 0) is 0 Å². The van der Waals surface area contributed by atoms with E-state index in [9.17, 15) is 4.79 Å². The second kappa shape index (κ2) is 9.49. The molecular formula is C28H33N5O2. The third-order valence-electron chi connectivity index (χ3n) is 6.84. The third-order valence-corrected chi connectivity index (χ3v) is 6.84. The van der Waals surface area contributed by atoms with Gasteiger partial charge in [0.2, 0.25) is 0 Å². The molecule has 1 saturated heterocycles. The predicted molar refractivity (Wildman–Crippen MR) is 140 cm³/mol. The van der Waals surface area contributed by atoms with Gasteiger partial charge in [-0.15, -0.1) is 0 Å². The lowest BCUT2D eigenvalue weighted by molar-refractivity contribution is 0.0540. The fourth-order valence-corrected chi connectivity index (χ4v) is 4.94. The first-order valence-corrected chi connectivity index (χ1v) is 12.2. The molecule has 0 radical (unpaired) electrons. The summed E-state index contributed by atoms with van der Waals surface area (Å²) in [4.78, 5) is 29.4. The van der Waals surface area contributed by atoms with Crippen LogP contribution in [0.3, 0.4) is 0 Å². The molecule has 182 valence electrons. The van der Waals surface area contributed by atoms with Crippen LogP contribution in [0.15, 0.2) is 53.1 Å². The molecule has 1 aliphatic rings. The lowest BCUT2D eigenvalue weighted by atomic mass is 9.89. The van der Waals surface area contributed by atoms with Gasteiger partial charge in [0.15, 0.2) is 5.58 Å². The fraction of sp³-hybridized carbons (Fsp3) is 0.357. The van der Waals surface area contributed by atoms with Crippen LogP contribution in [0.25, 0.3) is 22.4 Å². The van der Waals surface area contributed by atoms with Crippen molar-refractivity contribution < 1.29 is 10.6 Å². The van der Waals surface area contributed by atoms with Crippen molar-refractivity contribution in [1.82, 2.24) is 19.9 Å². The van der Waals surface area contributed by atoms with Gasteiger partial charge in [-0.25, -0.2) is 9.97 Å². The molecule has 5 rings (SSSR count). The van der Waals surface area contributed by atoms with E-state index in [2.05, 4.69) is 27.2 Å². The summed E-state index contributed by atoms with van der Waals surface area (Å²) in [5.41, 5.74) is 6.06. The highest BCUT2D eigenvalue weighted by Crippen LogP contribution is 2.30. The minimum Gasteiger partial charge on any atom is -0.424 e. The number of nitrogens with zero attached hydrogens (tertiary/aromatic N) is 4. The van der Waals surface area contributed by atoms with E-state index < -0.39 is 0 Å². The summed E-state index contributed by atoms with van der Waals surface area (Å²) in [5, 5.41) is 3.36. The Morgan fingerprint density at radius 1 is 1.11 bits per heavy atom. The first-order valence-electron chi connectivity index (χ1n) is 12.2. The molecule has 0 spiro atoms. The molecular weight excluding hydrogens is 438 g/mol. The fourth-order valence-electron chi connectivity index (χ4n) is 4.94. The van der Waals surface area contributed by atoms with Crippen molar-refractivity contribution >= 4 is 23.0 Å². The molecule has 2 aromatic carbocycles. The van der Waals surface area contributed by atoms with E-state index in [4.69, 9.17) is 4.42 Å². The van der Waals surface area contributed by atoms with Gasteiger partial charge in [-0.2, -0.15) is 4.98 Å². The van der Waals surface area contributed by atoms with Crippen LogP contribution < -0.4 is 5.32 Å². The van der Waals surface area contributed by atoms with Gasteiger partial charge >= 0.3 is 0 Å². The van der Waals surface area contributed by atoms with Gasteiger partial charge in [-0.3, -0.25) is 4.79 Å². The topological polar surface area (TPSA) is 84.2 Å². The molecule has 7 nitrogen and oxygen atoms in total. The molecule has 0 saturated carbocycles. The number of anilines is 1. The van der Waals surface area contributed by atoms with Gasteiger partial charge in [0.05, 0.1) is 11.7 Å². The lowest BCUT2D eigenvalue weighted by Gasteiger charge is -2.40. The van der Waals surface area contributed by atoms with Crippen molar-refractivity contribution in [2.24, 2.45) is 5.92 Å². The van der Waals surface area contributed by atoms with Crippen LogP contribution >= 0.6 is 0 Å². The molecule has 2 aromatic heterocycles. The maximum atomic E-state index is 14.0. The van der Waals surface area contributed by atoms with E-state index in [1.807, 2.05) is 68.1 Å². The van der Waals surface area contributed by atoms with Crippen molar-refractivity contribution in [2.75, 3.05) is 18.4 Å². The van der Waals surface area contributed by atoms with E-state index in [1.165, 1.54) is 0 Å². The first-order chi connectivity index (χ1) is 16.9. The third kappa shape index (κ3) is 4.76. The molecule has 3 heterocycles. The first kappa shape index (κ1) is 23.0. The summed E-state index contributed by atoms with van der Waals surface area (Å²) < 4.78 is 5.89. The number of oxazole rings is 1. The van der Waals surface area contributed by atoms with Crippen LogP contribution in [0.4, 0.5) is 6.01 Å². The highest BCUT2D eigenvalue weighted by molar-refractivity contribution is 6.01. The van der Waals surface area contributed by atoms with Gasteiger partial charge in [0.1, 0.15) is 11.3 Å². The number of likely N-dealkylation sites (tertiary alicyclic amines) is 1. The lowest BCUT2D eigenvalue weighted by Crippen LogP contribution is -2.51. The van der Waals surface area contributed by atoms with Crippen molar-refractivity contribution in [3.8, 4) is 11.3 Å².